The lowest BCUT2D eigenvalue weighted by Crippen LogP contribution is -2.30. The van der Waals surface area contributed by atoms with E-state index in [1.165, 1.54) is 11.1 Å². The second-order valence-corrected chi connectivity index (χ2v) is 8.55. The summed E-state index contributed by atoms with van der Waals surface area (Å²) in [5.74, 6) is 0. The fourth-order valence-electron chi connectivity index (χ4n) is 4.47. The van der Waals surface area contributed by atoms with Gasteiger partial charge in [-0.15, -0.1) is 0 Å². The quantitative estimate of drug-likeness (QED) is 0.392. The maximum Gasteiger partial charge on any atom is 0.174 e. The number of anilines is 1. The smallest absolute Gasteiger partial charge is 0.174 e. The van der Waals surface area contributed by atoms with Crippen LogP contribution in [0.15, 0.2) is 91.3 Å². The molecular formula is C27H26N4S. The molecule has 1 saturated heterocycles. The van der Waals surface area contributed by atoms with E-state index in [2.05, 4.69) is 107 Å². The van der Waals surface area contributed by atoms with Gasteiger partial charge in [0.25, 0.3) is 0 Å². The van der Waals surface area contributed by atoms with Gasteiger partial charge in [-0.1, -0.05) is 37.3 Å². The summed E-state index contributed by atoms with van der Waals surface area (Å²) in [5.41, 5.74) is 6.91. The van der Waals surface area contributed by atoms with Crippen molar-refractivity contribution in [3.8, 4) is 5.69 Å². The van der Waals surface area contributed by atoms with Crippen molar-refractivity contribution in [2.75, 3.05) is 4.90 Å². The van der Waals surface area contributed by atoms with E-state index in [-0.39, 0.29) is 12.1 Å². The number of hydrogen-bond donors (Lipinski definition) is 1. The minimum Gasteiger partial charge on any atom is -0.351 e. The van der Waals surface area contributed by atoms with Crippen molar-refractivity contribution < 1.29 is 0 Å². The van der Waals surface area contributed by atoms with E-state index in [4.69, 9.17) is 12.2 Å². The zero-order valence-electron chi connectivity index (χ0n) is 18.3. The SMILES string of the molecule is CCc1ccc(N2C(=S)NC(c3ccccn3)C2c2cccn2-c2cccc(C)c2)cc1. The lowest BCUT2D eigenvalue weighted by molar-refractivity contribution is 0.549. The van der Waals surface area contributed by atoms with Gasteiger partial charge in [-0.25, -0.2) is 0 Å². The molecule has 0 bridgehead atoms. The van der Waals surface area contributed by atoms with E-state index in [1.54, 1.807) is 0 Å². The Morgan fingerprint density at radius 2 is 1.78 bits per heavy atom. The second kappa shape index (κ2) is 8.60. The normalized spacial score (nSPS) is 18.1. The van der Waals surface area contributed by atoms with Crippen molar-refractivity contribution in [2.45, 2.75) is 32.4 Å². The van der Waals surface area contributed by atoms with Crippen molar-refractivity contribution in [3.63, 3.8) is 0 Å². The number of hydrogen-bond acceptors (Lipinski definition) is 2. The number of rotatable bonds is 5. The lowest BCUT2D eigenvalue weighted by atomic mass is 10.0. The number of pyridine rings is 1. The third kappa shape index (κ3) is 3.69. The van der Waals surface area contributed by atoms with Crippen LogP contribution in [0.2, 0.25) is 0 Å². The largest absolute Gasteiger partial charge is 0.351 e. The van der Waals surface area contributed by atoms with Gasteiger partial charge in [-0.3, -0.25) is 4.98 Å². The molecule has 32 heavy (non-hydrogen) atoms. The van der Waals surface area contributed by atoms with Crippen LogP contribution in [-0.2, 0) is 6.42 Å². The molecule has 0 radical (unpaired) electrons. The third-order valence-electron chi connectivity index (χ3n) is 6.08. The first-order chi connectivity index (χ1) is 15.7. The van der Waals surface area contributed by atoms with Gasteiger partial charge in [0.1, 0.15) is 6.04 Å². The fraction of sp³-hybridized carbons (Fsp3) is 0.185. The van der Waals surface area contributed by atoms with Crippen molar-refractivity contribution in [3.05, 3.63) is 114 Å². The number of thiocarbonyl (C=S) groups is 1. The summed E-state index contributed by atoms with van der Waals surface area (Å²) in [7, 11) is 0. The highest BCUT2D eigenvalue weighted by molar-refractivity contribution is 7.80. The summed E-state index contributed by atoms with van der Waals surface area (Å²) in [5, 5.41) is 4.27. The minimum absolute atomic E-state index is 0.0413. The molecule has 3 heterocycles. The van der Waals surface area contributed by atoms with Gasteiger partial charge in [0.2, 0.25) is 0 Å². The van der Waals surface area contributed by atoms with Gasteiger partial charge in [-0.2, -0.15) is 0 Å². The fourth-order valence-corrected chi connectivity index (χ4v) is 4.82. The molecule has 1 aliphatic rings. The third-order valence-corrected chi connectivity index (χ3v) is 6.40. The van der Waals surface area contributed by atoms with E-state index in [1.807, 2.05) is 18.3 Å². The first-order valence-electron chi connectivity index (χ1n) is 11.0. The van der Waals surface area contributed by atoms with E-state index < -0.39 is 0 Å². The van der Waals surface area contributed by atoms with E-state index in [0.717, 1.165) is 29.2 Å². The molecule has 5 heteroatoms. The molecule has 2 atom stereocenters. The molecule has 4 aromatic rings. The highest BCUT2D eigenvalue weighted by atomic mass is 32.1. The van der Waals surface area contributed by atoms with Crippen LogP contribution < -0.4 is 10.2 Å². The van der Waals surface area contributed by atoms with Crippen LogP contribution in [0.3, 0.4) is 0 Å². The van der Waals surface area contributed by atoms with Crippen LogP contribution in [0.25, 0.3) is 5.69 Å². The molecule has 2 aromatic heterocycles. The molecule has 1 fully saturated rings. The Kier molecular flexibility index (Phi) is 5.50. The van der Waals surface area contributed by atoms with Gasteiger partial charge < -0.3 is 14.8 Å². The van der Waals surface area contributed by atoms with E-state index in [9.17, 15) is 0 Å². The number of nitrogens with one attached hydrogen (secondary N) is 1. The van der Waals surface area contributed by atoms with Crippen LogP contribution in [0.1, 0.15) is 41.5 Å². The summed E-state index contributed by atoms with van der Waals surface area (Å²) in [6.07, 6.45) is 4.98. The highest BCUT2D eigenvalue weighted by Crippen LogP contribution is 2.42. The minimum atomic E-state index is -0.0620. The number of aryl methyl sites for hydroxylation is 2. The van der Waals surface area contributed by atoms with Gasteiger partial charge >= 0.3 is 0 Å². The Balaban J connectivity index is 1.65. The molecule has 5 rings (SSSR count). The Morgan fingerprint density at radius 3 is 2.50 bits per heavy atom. The Labute approximate surface area is 194 Å². The van der Waals surface area contributed by atoms with Crippen molar-refractivity contribution in [1.82, 2.24) is 14.9 Å². The molecule has 4 nitrogen and oxygen atoms in total. The van der Waals surface area contributed by atoms with Crippen LogP contribution >= 0.6 is 12.2 Å². The number of nitrogens with zero attached hydrogens (tertiary/aromatic N) is 3. The summed E-state index contributed by atoms with van der Waals surface area (Å²) in [6.45, 7) is 4.29. The molecule has 2 aromatic carbocycles. The second-order valence-electron chi connectivity index (χ2n) is 8.16. The average Bonchev–Trinajstić information content (AvgIpc) is 3.44. The van der Waals surface area contributed by atoms with E-state index in [0.29, 0.717) is 5.11 Å². The summed E-state index contributed by atoms with van der Waals surface area (Å²) < 4.78 is 2.26. The van der Waals surface area contributed by atoms with E-state index >= 15 is 0 Å². The molecule has 2 unspecified atom stereocenters. The highest BCUT2D eigenvalue weighted by Gasteiger charge is 2.42. The molecule has 0 amide bonds. The van der Waals surface area contributed by atoms with Crippen LogP contribution in [0, 0.1) is 6.92 Å². The molecular weight excluding hydrogens is 412 g/mol. The average molecular weight is 439 g/mol. The molecule has 0 saturated carbocycles. The predicted octanol–water partition coefficient (Wildman–Crippen LogP) is 5.92. The van der Waals surface area contributed by atoms with Crippen molar-refractivity contribution >= 4 is 23.0 Å². The van der Waals surface area contributed by atoms with Gasteiger partial charge in [-0.05, 0) is 85.2 Å². The topological polar surface area (TPSA) is 33.1 Å². The maximum absolute atomic E-state index is 5.87. The first kappa shape index (κ1) is 20.5. The summed E-state index contributed by atoms with van der Waals surface area (Å²) >= 11 is 5.87. The monoisotopic (exact) mass is 438 g/mol. The standard InChI is InChI=1S/C27H26N4S/c1-3-20-12-14-21(15-13-20)31-26(25(29-27(31)32)23-10-4-5-16-28-23)24-11-7-17-30(24)22-9-6-8-19(2)18-22/h4-18,25-26H,3H2,1-2H3,(H,29,32). The van der Waals surface area contributed by atoms with Gasteiger partial charge in [0.15, 0.2) is 5.11 Å². The van der Waals surface area contributed by atoms with Gasteiger partial charge in [0.05, 0.1) is 11.7 Å². The Bertz CT molecular complexity index is 1230. The maximum atomic E-state index is 5.87. The lowest BCUT2D eigenvalue weighted by Gasteiger charge is -2.29. The molecule has 1 N–H and O–H groups in total. The zero-order chi connectivity index (χ0) is 22.1. The zero-order valence-corrected chi connectivity index (χ0v) is 19.1. The van der Waals surface area contributed by atoms with Crippen LogP contribution in [0.5, 0.6) is 0 Å². The van der Waals surface area contributed by atoms with Crippen LogP contribution in [0.4, 0.5) is 5.69 Å². The summed E-state index contributed by atoms with van der Waals surface area (Å²) in [4.78, 5) is 6.90. The number of benzene rings is 2. The Morgan fingerprint density at radius 1 is 0.938 bits per heavy atom. The summed E-state index contributed by atoms with van der Waals surface area (Å²) in [6, 6.07) is 27.5. The Hall–Kier alpha value is -3.44. The number of aromatic nitrogens is 2. The van der Waals surface area contributed by atoms with Crippen molar-refractivity contribution in [1.29, 1.82) is 0 Å². The van der Waals surface area contributed by atoms with Gasteiger partial charge in [0, 0.05) is 29.5 Å². The molecule has 0 spiro atoms. The molecule has 160 valence electrons. The van der Waals surface area contributed by atoms with Crippen molar-refractivity contribution in [2.24, 2.45) is 0 Å². The molecule has 1 aliphatic heterocycles. The molecule has 0 aliphatic carbocycles. The predicted molar refractivity (Wildman–Crippen MR) is 134 cm³/mol. The van der Waals surface area contributed by atoms with Crippen LogP contribution in [-0.4, -0.2) is 14.7 Å². The first-order valence-corrected chi connectivity index (χ1v) is 11.4.